The highest BCUT2D eigenvalue weighted by Gasteiger charge is 2.32. The minimum atomic E-state index is -4.56. The maximum absolute atomic E-state index is 12.8. The predicted molar refractivity (Wildman–Crippen MR) is 119 cm³/mol. The molecule has 2 aromatic heterocycles. The number of para-hydroxylation sites is 1. The number of hydrogen-bond donors (Lipinski definition) is 3. The molecule has 0 spiro atoms. The Morgan fingerprint density at radius 1 is 0.971 bits per heavy atom. The van der Waals surface area contributed by atoms with Crippen LogP contribution in [0.15, 0.2) is 66.9 Å². The summed E-state index contributed by atoms with van der Waals surface area (Å²) in [5, 5.41) is 13.1. The Hall–Kier alpha value is -4.54. The van der Waals surface area contributed by atoms with Crippen molar-refractivity contribution in [3.05, 3.63) is 72.6 Å². The first-order valence-electron chi connectivity index (χ1n) is 9.82. The summed E-state index contributed by atoms with van der Waals surface area (Å²) in [4.78, 5) is 11.7. The first kappa shape index (κ1) is 22.6. The van der Waals surface area contributed by atoms with Gasteiger partial charge in [0.1, 0.15) is 23.0 Å². The van der Waals surface area contributed by atoms with E-state index < -0.39 is 11.9 Å². The molecule has 34 heavy (non-hydrogen) atoms. The number of nitrogens with zero attached hydrogens (tertiary/aromatic N) is 3. The zero-order valence-electron chi connectivity index (χ0n) is 17.7. The van der Waals surface area contributed by atoms with Gasteiger partial charge in [0.25, 0.3) is 0 Å². The third kappa shape index (κ3) is 5.09. The second-order valence-electron chi connectivity index (χ2n) is 6.98. The number of phenols is 1. The van der Waals surface area contributed by atoms with E-state index in [0.717, 1.165) is 12.3 Å². The Bertz CT molecular complexity index is 1310. The zero-order valence-corrected chi connectivity index (χ0v) is 17.7. The fourth-order valence-corrected chi connectivity index (χ4v) is 3.13. The van der Waals surface area contributed by atoms with E-state index in [0.29, 0.717) is 28.5 Å². The van der Waals surface area contributed by atoms with Crippen molar-refractivity contribution < 1.29 is 27.8 Å². The van der Waals surface area contributed by atoms with E-state index in [9.17, 15) is 18.3 Å². The molecule has 11 heteroatoms. The zero-order chi connectivity index (χ0) is 24.3. The molecule has 0 fully saturated rings. The Balaban J connectivity index is 1.53. The smallest absolute Gasteiger partial charge is 0.433 e. The number of rotatable bonds is 6. The van der Waals surface area contributed by atoms with Crippen molar-refractivity contribution in [2.24, 2.45) is 0 Å². The number of benzene rings is 2. The topological polar surface area (TPSA) is 115 Å². The van der Waals surface area contributed by atoms with Crippen molar-refractivity contribution >= 4 is 17.5 Å². The second kappa shape index (κ2) is 9.14. The van der Waals surface area contributed by atoms with Crippen LogP contribution in [0, 0.1) is 0 Å². The van der Waals surface area contributed by atoms with E-state index in [-0.39, 0.29) is 23.2 Å². The molecule has 0 saturated heterocycles. The van der Waals surface area contributed by atoms with Crippen molar-refractivity contribution in [3.63, 3.8) is 0 Å². The van der Waals surface area contributed by atoms with E-state index in [1.54, 1.807) is 42.5 Å². The number of methoxy groups -OCH3 is 1. The van der Waals surface area contributed by atoms with E-state index in [1.807, 2.05) is 0 Å². The van der Waals surface area contributed by atoms with E-state index >= 15 is 0 Å². The first-order chi connectivity index (χ1) is 16.2. The number of nitrogens with one attached hydrogen (secondary N) is 1. The number of halogens is 3. The monoisotopic (exact) mass is 469 g/mol. The molecule has 2 heterocycles. The van der Waals surface area contributed by atoms with E-state index in [2.05, 4.69) is 20.3 Å². The van der Waals surface area contributed by atoms with E-state index in [4.69, 9.17) is 15.2 Å². The third-order valence-corrected chi connectivity index (χ3v) is 4.60. The molecule has 0 aliphatic heterocycles. The largest absolute Gasteiger partial charge is 0.504 e. The molecule has 0 aliphatic rings. The minimum absolute atomic E-state index is 0.00325. The third-order valence-electron chi connectivity index (χ3n) is 4.60. The lowest BCUT2D eigenvalue weighted by Gasteiger charge is -2.12. The van der Waals surface area contributed by atoms with Gasteiger partial charge in [-0.1, -0.05) is 6.07 Å². The number of nitrogens with two attached hydrogens (primary N) is 1. The normalized spacial score (nSPS) is 11.2. The molecule has 4 rings (SSSR count). The fraction of sp³-hybridized carbons (Fsp3) is 0.0870. The number of phenolic OH excluding ortho intramolecular Hbond substituents is 1. The highest BCUT2D eigenvalue weighted by atomic mass is 19.4. The van der Waals surface area contributed by atoms with Crippen LogP contribution < -0.4 is 20.5 Å². The standard InChI is InChI=1S/C23H18F3N5O3/c1-33-21-16(3-2-4-18(21)32)17-12-20(31-22(27)30-17)29-13-5-7-14(8-6-13)34-15-9-10-28-19(11-15)23(24,25)26/h2-12,32H,1H3,(H3,27,29,30,31). The molecule has 8 nitrogen and oxygen atoms in total. The van der Waals surface area contributed by atoms with Gasteiger partial charge in [-0.05, 0) is 42.5 Å². The number of anilines is 3. The number of hydrogen-bond acceptors (Lipinski definition) is 8. The molecule has 4 N–H and O–H groups in total. The number of ether oxygens (including phenoxy) is 2. The van der Waals surface area contributed by atoms with Crippen LogP contribution in [0.5, 0.6) is 23.0 Å². The van der Waals surface area contributed by atoms with Crippen molar-refractivity contribution in [1.82, 2.24) is 15.0 Å². The van der Waals surface area contributed by atoms with Crippen molar-refractivity contribution in [3.8, 4) is 34.3 Å². The van der Waals surface area contributed by atoms with Crippen LogP contribution >= 0.6 is 0 Å². The number of aromatic hydroxyl groups is 1. The maximum atomic E-state index is 12.8. The van der Waals surface area contributed by atoms with Crippen molar-refractivity contribution in [2.75, 3.05) is 18.2 Å². The van der Waals surface area contributed by atoms with Gasteiger partial charge in [-0.3, -0.25) is 4.98 Å². The average molecular weight is 469 g/mol. The van der Waals surface area contributed by atoms with Crippen LogP contribution in [-0.2, 0) is 6.18 Å². The Morgan fingerprint density at radius 3 is 2.44 bits per heavy atom. The summed E-state index contributed by atoms with van der Waals surface area (Å²) in [6, 6.07) is 15.1. The molecular weight excluding hydrogens is 451 g/mol. The molecule has 0 bridgehead atoms. The Kier molecular flexibility index (Phi) is 6.09. The predicted octanol–water partition coefficient (Wildman–Crippen LogP) is 5.39. The molecule has 0 radical (unpaired) electrons. The van der Waals surface area contributed by atoms with Gasteiger partial charge in [-0.2, -0.15) is 18.2 Å². The summed E-state index contributed by atoms with van der Waals surface area (Å²) in [7, 11) is 1.43. The fourth-order valence-electron chi connectivity index (χ4n) is 3.13. The maximum Gasteiger partial charge on any atom is 0.433 e. The molecule has 0 unspecified atom stereocenters. The summed E-state index contributed by atoms with van der Waals surface area (Å²) in [6.45, 7) is 0. The summed E-state index contributed by atoms with van der Waals surface area (Å²) < 4.78 is 49.3. The summed E-state index contributed by atoms with van der Waals surface area (Å²) in [5.41, 5.74) is 6.40. The Morgan fingerprint density at radius 2 is 1.74 bits per heavy atom. The van der Waals surface area contributed by atoms with Crippen LogP contribution in [0.25, 0.3) is 11.3 Å². The number of pyridine rings is 1. The number of alkyl halides is 3. The lowest BCUT2D eigenvalue weighted by molar-refractivity contribution is -0.141. The van der Waals surface area contributed by atoms with Crippen LogP contribution in [0.2, 0.25) is 0 Å². The highest BCUT2D eigenvalue weighted by Crippen LogP contribution is 2.37. The van der Waals surface area contributed by atoms with Gasteiger partial charge >= 0.3 is 6.18 Å². The minimum Gasteiger partial charge on any atom is -0.504 e. The molecular formula is C23H18F3N5O3. The molecule has 0 saturated carbocycles. The number of aromatic nitrogens is 3. The van der Waals surface area contributed by atoms with Crippen LogP contribution in [-0.4, -0.2) is 27.2 Å². The number of nitrogen functional groups attached to an aromatic ring is 1. The highest BCUT2D eigenvalue weighted by molar-refractivity contribution is 5.74. The van der Waals surface area contributed by atoms with Gasteiger partial charge < -0.3 is 25.6 Å². The van der Waals surface area contributed by atoms with Gasteiger partial charge in [0, 0.05) is 29.6 Å². The lowest BCUT2D eigenvalue weighted by atomic mass is 10.1. The quantitative estimate of drug-likeness (QED) is 0.344. The average Bonchev–Trinajstić information content (AvgIpc) is 2.79. The molecule has 0 amide bonds. The second-order valence-corrected chi connectivity index (χ2v) is 6.98. The van der Waals surface area contributed by atoms with Crippen molar-refractivity contribution in [2.45, 2.75) is 6.18 Å². The SMILES string of the molecule is COc1c(O)cccc1-c1cc(Nc2ccc(Oc3ccnc(C(F)(F)F)c3)cc2)nc(N)n1. The van der Waals surface area contributed by atoms with Gasteiger partial charge in [-0.15, -0.1) is 0 Å². The summed E-state index contributed by atoms with van der Waals surface area (Å²) in [5.74, 6) is 0.930. The lowest BCUT2D eigenvalue weighted by Crippen LogP contribution is -2.07. The summed E-state index contributed by atoms with van der Waals surface area (Å²) >= 11 is 0. The molecule has 4 aromatic rings. The van der Waals surface area contributed by atoms with E-state index in [1.165, 1.54) is 19.2 Å². The van der Waals surface area contributed by atoms with Crippen LogP contribution in [0.3, 0.4) is 0 Å². The molecule has 0 aliphatic carbocycles. The first-order valence-corrected chi connectivity index (χ1v) is 9.82. The van der Waals surface area contributed by atoms with Gasteiger partial charge in [0.15, 0.2) is 11.5 Å². The van der Waals surface area contributed by atoms with Crippen molar-refractivity contribution in [1.29, 1.82) is 0 Å². The Labute approximate surface area is 191 Å². The van der Waals surface area contributed by atoms with Crippen LogP contribution in [0.1, 0.15) is 5.69 Å². The van der Waals surface area contributed by atoms with Gasteiger partial charge in [-0.25, -0.2) is 4.98 Å². The van der Waals surface area contributed by atoms with Crippen LogP contribution in [0.4, 0.5) is 30.6 Å². The molecule has 174 valence electrons. The van der Waals surface area contributed by atoms with Gasteiger partial charge in [0.05, 0.1) is 12.8 Å². The molecule has 2 aromatic carbocycles. The van der Waals surface area contributed by atoms with Gasteiger partial charge in [0.2, 0.25) is 5.95 Å². The molecule has 0 atom stereocenters. The summed E-state index contributed by atoms with van der Waals surface area (Å²) in [6.07, 6.45) is -3.53.